The highest BCUT2D eigenvalue weighted by atomic mass is 16.5. The van der Waals surface area contributed by atoms with Gasteiger partial charge in [0.25, 0.3) is 0 Å². The van der Waals surface area contributed by atoms with E-state index in [0.717, 1.165) is 83.5 Å². The summed E-state index contributed by atoms with van der Waals surface area (Å²) in [6.07, 6.45) is 10.8. The van der Waals surface area contributed by atoms with Crippen LogP contribution in [0, 0.1) is 11.3 Å². The third-order valence-electron chi connectivity index (χ3n) is 10.1. The molecule has 0 unspecified atom stereocenters. The number of amides is 1. The van der Waals surface area contributed by atoms with Gasteiger partial charge in [-0.3, -0.25) is 9.69 Å². The first kappa shape index (κ1) is 33.2. The van der Waals surface area contributed by atoms with E-state index in [0.29, 0.717) is 32.1 Å². The van der Waals surface area contributed by atoms with Crippen LogP contribution < -0.4 is 15.1 Å². The Morgan fingerprint density at radius 2 is 1.83 bits per heavy atom. The van der Waals surface area contributed by atoms with Gasteiger partial charge in [-0.25, -0.2) is 4.98 Å². The molecule has 1 atom stereocenters. The highest BCUT2D eigenvalue weighted by molar-refractivity contribution is 5.88. The number of fused-ring (bicyclic) bond motifs is 2. The normalized spacial score (nSPS) is 21.7. The number of rotatable bonds is 7. The summed E-state index contributed by atoms with van der Waals surface area (Å²) in [6, 6.07) is 11.2. The van der Waals surface area contributed by atoms with Crippen molar-refractivity contribution >= 4 is 23.4 Å². The molecule has 1 N–H and O–H groups in total. The zero-order chi connectivity index (χ0) is 32.6. The predicted molar refractivity (Wildman–Crippen MR) is 186 cm³/mol. The lowest BCUT2D eigenvalue weighted by Crippen LogP contribution is -2.58. The van der Waals surface area contributed by atoms with Gasteiger partial charge in [0.1, 0.15) is 5.82 Å². The van der Waals surface area contributed by atoms with Gasteiger partial charge in [-0.2, -0.15) is 10.2 Å². The Kier molecular flexibility index (Phi) is 11.2. The van der Waals surface area contributed by atoms with E-state index < -0.39 is 0 Å². The maximum absolute atomic E-state index is 13.1. The third kappa shape index (κ3) is 8.23. The second-order valence-electron chi connectivity index (χ2n) is 13.5. The predicted octanol–water partition coefficient (Wildman–Crippen LogP) is 2.97. The summed E-state index contributed by atoms with van der Waals surface area (Å²) >= 11 is 0. The highest BCUT2D eigenvalue weighted by Crippen LogP contribution is 2.33. The molecule has 0 radical (unpaired) electrons. The van der Waals surface area contributed by atoms with Gasteiger partial charge < -0.3 is 29.7 Å². The molecule has 3 saturated heterocycles. The van der Waals surface area contributed by atoms with Crippen LogP contribution in [0.15, 0.2) is 36.4 Å². The molecule has 5 aliphatic rings. The molecule has 11 heteroatoms. The van der Waals surface area contributed by atoms with Gasteiger partial charge in [-0.05, 0) is 64.3 Å². The summed E-state index contributed by atoms with van der Waals surface area (Å²) in [6.45, 7) is 8.99. The Bertz CT molecular complexity index is 1400. The van der Waals surface area contributed by atoms with Gasteiger partial charge in [-0.1, -0.05) is 24.3 Å². The number of anilines is 3. The summed E-state index contributed by atoms with van der Waals surface area (Å²) in [5.41, 5.74) is 5.24. The van der Waals surface area contributed by atoms with E-state index in [9.17, 15) is 10.1 Å². The number of hydrogen-bond acceptors (Lipinski definition) is 10. The number of aromatic nitrogens is 2. The molecular formula is C36H51N9O2. The molecule has 1 aromatic carbocycles. The minimum absolute atomic E-state index is 0.00567. The molecule has 0 saturated carbocycles. The summed E-state index contributed by atoms with van der Waals surface area (Å²) in [5.74, 6) is 1.84. The molecule has 11 nitrogen and oxygen atoms in total. The maximum Gasteiger partial charge on any atom is 0.246 e. The number of hydrogen-bond donors (Lipinski definition) is 1. The van der Waals surface area contributed by atoms with Crippen LogP contribution in [0.25, 0.3) is 0 Å². The fourth-order valence-corrected chi connectivity index (χ4v) is 7.12. The SMILES string of the molecule is CN(C)C1CN(c2nc3c(c(N4CCN(C(=O)/C=C/CN5CCOCC5)[C@@H](CC#N)C4)n2)CCCC3)C1.c1ccc2c(c1)CCCN2. The van der Waals surface area contributed by atoms with Crippen LogP contribution in [0.4, 0.5) is 17.5 Å². The largest absolute Gasteiger partial charge is 0.385 e. The number of nitriles is 1. The molecular weight excluding hydrogens is 590 g/mol. The van der Waals surface area contributed by atoms with Crippen molar-refractivity contribution in [3.05, 3.63) is 53.2 Å². The van der Waals surface area contributed by atoms with Gasteiger partial charge in [0.05, 0.1) is 37.4 Å². The molecule has 5 heterocycles. The Morgan fingerprint density at radius 1 is 1.02 bits per heavy atom. The first-order valence-corrected chi connectivity index (χ1v) is 17.5. The highest BCUT2D eigenvalue weighted by Gasteiger charge is 2.35. The molecule has 252 valence electrons. The maximum atomic E-state index is 13.1. The number of morpholine rings is 1. The number of carbonyl (C=O) groups is 1. The van der Waals surface area contributed by atoms with Crippen LogP contribution in [0.3, 0.4) is 0 Å². The second kappa shape index (κ2) is 15.9. The summed E-state index contributed by atoms with van der Waals surface area (Å²) in [4.78, 5) is 34.2. The lowest BCUT2D eigenvalue weighted by Gasteiger charge is -2.44. The van der Waals surface area contributed by atoms with E-state index in [-0.39, 0.29) is 11.9 Å². The van der Waals surface area contributed by atoms with Crippen molar-refractivity contribution in [3.63, 3.8) is 0 Å². The average molecular weight is 642 g/mol. The number of benzene rings is 1. The summed E-state index contributed by atoms with van der Waals surface area (Å²) in [5, 5.41) is 12.9. The minimum Gasteiger partial charge on any atom is -0.385 e. The molecule has 1 amide bonds. The molecule has 1 aliphatic carbocycles. The number of ether oxygens (including phenoxy) is 1. The molecule has 2 aromatic rings. The van der Waals surface area contributed by atoms with Crippen LogP contribution >= 0.6 is 0 Å². The van der Waals surface area contributed by atoms with Crippen LogP contribution in [0.5, 0.6) is 0 Å². The van der Waals surface area contributed by atoms with Crippen molar-refractivity contribution in [3.8, 4) is 6.07 Å². The second-order valence-corrected chi connectivity index (χ2v) is 13.5. The molecule has 0 bridgehead atoms. The number of nitrogens with one attached hydrogen (secondary N) is 1. The fraction of sp³-hybridized carbons (Fsp3) is 0.611. The van der Waals surface area contributed by atoms with Crippen molar-refractivity contribution in [1.29, 1.82) is 5.26 Å². The fourth-order valence-electron chi connectivity index (χ4n) is 7.12. The number of aryl methyl sites for hydroxylation is 2. The molecule has 7 rings (SSSR count). The quantitative estimate of drug-likeness (QED) is 0.454. The van der Waals surface area contributed by atoms with Crippen LogP contribution in [-0.2, 0) is 28.8 Å². The first-order chi connectivity index (χ1) is 23.0. The van der Waals surface area contributed by atoms with E-state index in [1.807, 2.05) is 11.0 Å². The smallest absolute Gasteiger partial charge is 0.246 e. The topological polar surface area (TPSA) is 104 Å². The number of nitrogens with zero attached hydrogens (tertiary/aromatic N) is 8. The van der Waals surface area contributed by atoms with Crippen molar-refractivity contribution in [2.45, 2.75) is 57.0 Å². The van der Waals surface area contributed by atoms with E-state index in [2.05, 4.69) is 69.3 Å². The van der Waals surface area contributed by atoms with Crippen molar-refractivity contribution < 1.29 is 9.53 Å². The molecule has 1 aromatic heterocycles. The van der Waals surface area contributed by atoms with Crippen molar-refractivity contribution in [1.82, 2.24) is 24.7 Å². The summed E-state index contributed by atoms with van der Waals surface area (Å²) < 4.78 is 5.40. The standard InChI is InChI=1S/C27H40N8O2.C9H11N/c1-31(2)22-19-34(20-22)27-29-24-7-4-3-6-23(24)26(30-27)33-12-13-35(21(18-33)9-10-28)25(36)8-5-11-32-14-16-37-17-15-32;1-2-6-9-8(4-1)5-3-7-10-9/h5,8,21-22H,3-4,6-7,9,11-20H2,1-2H3;1-2,4,6,10H,3,5,7H2/b8-5+;/t21-;/m0./s1. The van der Waals surface area contributed by atoms with Gasteiger partial charge in [0.2, 0.25) is 11.9 Å². The average Bonchev–Trinajstić information content (AvgIpc) is 3.08. The van der Waals surface area contributed by atoms with Crippen molar-refractivity contribution in [2.24, 2.45) is 0 Å². The summed E-state index contributed by atoms with van der Waals surface area (Å²) in [7, 11) is 4.24. The molecule has 47 heavy (non-hydrogen) atoms. The zero-order valence-electron chi connectivity index (χ0n) is 28.2. The lowest BCUT2D eigenvalue weighted by molar-refractivity contribution is -0.128. The Morgan fingerprint density at radius 3 is 2.62 bits per heavy atom. The molecule has 0 spiro atoms. The number of para-hydroxylation sites is 1. The monoisotopic (exact) mass is 641 g/mol. The zero-order valence-corrected chi connectivity index (χ0v) is 28.2. The third-order valence-corrected chi connectivity index (χ3v) is 10.1. The molecule has 3 fully saturated rings. The van der Waals surface area contributed by atoms with Crippen LogP contribution in [0.2, 0.25) is 0 Å². The lowest BCUT2D eigenvalue weighted by atomic mass is 9.95. The van der Waals surface area contributed by atoms with E-state index in [1.54, 1.807) is 6.08 Å². The first-order valence-electron chi connectivity index (χ1n) is 17.5. The van der Waals surface area contributed by atoms with Gasteiger partial charge in [0.15, 0.2) is 0 Å². The van der Waals surface area contributed by atoms with E-state index >= 15 is 0 Å². The number of piperazine rings is 1. The van der Waals surface area contributed by atoms with Gasteiger partial charge in [-0.15, -0.1) is 0 Å². The Labute approximate surface area is 280 Å². The van der Waals surface area contributed by atoms with Crippen LogP contribution in [0.1, 0.15) is 42.5 Å². The van der Waals surface area contributed by atoms with E-state index in [4.69, 9.17) is 14.7 Å². The van der Waals surface area contributed by atoms with Crippen molar-refractivity contribution in [2.75, 3.05) is 101 Å². The molecule has 4 aliphatic heterocycles. The van der Waals surface area contributed by atoms with Gasteiger partial charge >= 0.3 is 0 Å². The van der Waals surface area contributed by atoms with Crippen LogP contribution in [-0.4, -0.2) is 129 Å². The number of likely N-dealkylation sites (N-methyl/N-ethyl adjacent to an activating group) is 1. The van der Waals surface area contributed by atoms with E-state index in [1.165, 1.54) is 41.8 Å². The number of carbonyl (C=O) groups excluding carboxylic acids is 1. The van der Waals surface area contributed by atoms with Gasteiger partial charge in [0, 0.05) is 82.3 Å². The minimum atomic E-state index is -0.154. The Balaban J connectivity index is 0.000000327. The Hall–Kier alpha value is -3.72.